The molecule has 1 aliphatic carbocycles. The fourth-order valence-corrected chi connectivity index (χ4v) is 3.00. The van der Waals surface area contributed by atoms with Gasteiger partial charge in [-0.15, -0.1) is 0 Å². The first-order chi connectivity index (χ1) is 12.5. The molecule has 7 nitrogen and oxygen atoms in total. The fraction of sp³-hybridized carbons (Fsp3) is 0.375. The van der Waals surface area contributed by atoms with Crippen molar-refractivity contribution in [3.63, 3.8) is 0 Å². The Morgan fingerprint density at radius 2 is 1.69 bits per heavy atom. The predicted octanol–water partition coefficient (Wildman–Crippen LogP) is 4.13. The van der Waals surface area contributed by atoms with Crippen LogP contribution in [0, 0.1) is 0 Å². The Labute approximate surface area is 146 Å². The molecule has 136 valence electrons. The van der Waals surface area contributed by atoms with Gasteiger partial charge in [-0.05, 0) is 41.4 Å². The number of benzene rings is 1. The number of hydrogen-bond acceptors (Lipinski definition) is 7. The summed E-state index contributed by atoms with van der Waals surface area (Å²) in [6, 6.07) is 5.13. The van der Waals surface area contributed by atoms with Crippen molar-refractivity contribution >= 4 is 28.6 Å². The molecule has 10 heteroatoms. The monoisotopic (exact) mass is 364 g/mol. The molecule has 4 rings (SSSR count). The maximum absolute atomic E-state index is 12.9. The van der Waals surface area contributed by atoms with Gasteiger partial charge in [0.1, 0.15) is 0 Å². The second-order valence-corrected chi connectivity index (χ2v) is 6.16. The number of nitrogens with one attached hydrogen (secondary N) is 2. The maximum Gasteiger partial charge on any atom is 0.416 e. The van der Waals surface area contributed by atoms with E-state index in [9.17, 15) is 13.2 Å². The molecule has 0 unspecified atom stereocenters. The van der Waals surface area contributed by atoms with Crippen LogP contribution >= 0.6 is 0 Å². The Bertz CT molecular complexity index is 920. The highest BCUT2D eigenvalue weighted by Crippen LogP contribution is 2.33. The summed E-state index contributed by atoms with van der Waals surface area (Å²) in [4.78, 5) is 8.62. The third kappa shape index (κ3) is 3.39. The highest BCUT2D eigenvalue weighted by molar-refractivity contribution is 5.76. The molecule has 0 aliphatic heterocycles. The van der Waals surface area contributed by atoms with E-state index < -0.39 is 11.7 Å². The Morgan fingerprint density at radius 1 is 1.00 bits per heavy atom. The quantitative estimate of drug-likeness (QED) is 0.719. The van der Waals surface area contributed by atoms with Crippen LogP contribution in [0.1, 0.15) is 31.2 Å². The van der Waals surface area contributed by atoms with Gasteiger partial charge in [0.2, 0.25) is 11.3 Å². The van der Waals surface area contributed by atoms with Crippen LogP contribution in [0.15, 0.2) is 28.9 Å². The number of anilines is 3. The van der Waals surface area contributed by atoms with Crippen molar-refractivity contribution < 1.29 is 17.8 Å². The van der Waals surface area contributed by atoms with Crippen LogP contribution < -0.4 is 10.6 Å². The third-order valence-corrected chi connectivity index (χ3v) is 4.26. The molecule has 0 spiro atoms. The van der Waals surface area contributed by atoms with Crippen LogP contribution in [0.25, 0.3) is 11.3 Å². The molecule has 0 radical (unpaired) electrons. The Balaban J connectivity index is 1.68. The Morgan fingerprint density at radius 3 is 2.38 bits per heavy atom. The Hall–Kier alpha value is -2.91. The van der Waals surface area contributed by atoms with Crippen molar-refractivity contribution in [3.8, 4) is 0 Å². The minimum atomic E-state index is -4.42. The van der Waals surface area contributed by atoms with E-state index in [0.29, 0.717) is 5.82 Å². The standard InChI is InChI=1S/C16H15F3N6O/c17-16(18,19)9-4-3-7-11(8-9)21-13-12(20-10-5-1-2-6-10)22-14-15(23-13)25-26-24-14/h3-4,7-8,10H,1-2,5-6H2,(H,20,22,24)(H,21,23,25). The zero-order valence-electron chi connectivity index (χ0n) is 13.5. The molecule has 1 aliphatic rings. The highest BCUT2D eigenvalue weighted by Gasteiger charge is 2.30. The van der Waals surface area contributed by atoms with E-state index in [1.54, 1.807) is 0 Å². The normalized spacial score (nSPS) is 15.5. The van der Waals surface area contributed by atoms with E-state index in [4.69, 9.17) is 0 Å². The molecule has 0 amide bonds. The average Bonchev–Trinajstić information content (AvgIpc) is 3.26. The fourth-order valence-electron chi connectivity index (χ4n) is 3.00. The van der Waals surface area contributed by atoms with Gasteiger partial charge in [0.15, 0.2) is 11.6 Å². The summed E-state index contributed by atoms with van der Waals surface area (Å²) >= 11 is 0. The maximum atomic E-state index is 12.9. The number of nitrogens with zero attached hydrogens (tertiary/aromatic N) is 4. The summed E-state index contributed by atoms with van der Waals surface area (Å²) in [5.41, 5.74) is -0.0825. The van der Waals surface area contributed by atoms with Crippen molar-refractivity contribution in [2.24, 2.45) is 0 Å². The lowest BCUT2D eigenvalue weighted by Crippen LogP contribution is -2.17. The van der Waals surface area contributed by atoms with Crippen LogP contribution in [0.4, 0.5) is 30.5 Å². The number of aromatic nitrogens is 4. The van der Waals surface area contributed by atoms with Gasteiger partial charge in [0.25, 0.3) is 0 Å². The second-order valence-electron chi connectivity index (χ2n) is 6.16. The molecule has 1 saturated carbocycles. The van der Waals surface area contributed by atoms with Gasteiger partial charge in [0.05, 0.1) is 5.56 Å². The molecule has 0 bridgehead atoms. The molecule has 26 heavy (non-hydrogen) atoms. The minimum Gasteiger partial charge on any atom is -0.364 e. The van der Waals surface area contributed by atoms with E-state index in [0.717, 1.165) is 37.8 Å². The van der Waals surface area contributed by atoms with Gasteiger partial charge in [-0.3, -0.25) is 0 Å². The van der Waals surface area contributed by atoms with Gasteiger partial charge < -0.3 is 10.6 Å². The Kier molecular flexibility index (Phi) is 4.09. The number of halogens is 3. The lowest BCUT2D eigenvalue weighted by Gasteiger charge is -2.16. The molecular formula is C16H15F3N6O. The van der Waals surface area contributed by atoms with Crippen molar-refractivity contribution in [1.82, 2.24) is 20.3 Å². The molecule has 1 fully saturated rings. The van der Waals surface area contributed by atoms with Crippen LogP contribution in [0.2, 0.25) is 0 Å². The SMILES string of the molecule is FC(F)(F)c1cccc(Nc2nc3nonc3nc2NC2CCCC2)c1. The number of rotatable bonds is 4. The van der Waals surface area contributed by atoms with Gasteiger partial charge in [0, 0.05) is 11.7 Å². The summed E-state index contributed by atoms with van der Waals surface area (Å²) in [5.74, 6) is 0.692. The number of fused-ring (bicyclic) bond motifs is 1. The third-order valence-electron chi connectivity index (χ3n) is 4.26. The molecular weight excluding hydrogens is 349 g/mol. The zero-order chi connectivity index (χ0) is 18.1. The summed E-state index contributed by atoms with van der Waals surface area (Å²) < 4.78 is 43.4. The van der Waals surface area contributed by atoms with Crippen LogP contribution in [0.3, 0.4) is 0 Å². The van der Waals surface area contributed by atoms with Crippen LogP contribution in [-0.4, -0.2) is 26.3 Å². The topological polar surface area (TPSA) is 88.8 Å². The first-order valence-electron chi connectivity index (χ1n) is 8.20. The number of hydrogen-bond donors (Lipinski definition) is 2. The van der Waals surface area contributed by atoms with Gasteiger partial charge in [-0.25, -0.2) is 14.6 Å². The van der Waals surface area contributed by atoms with E-state index in [2.05, 4.69) is 35.5 Å². The highest BCUT2D eigenvalue weighted by atomic mass is 19.4. The van der Waals surface area contributed by atoms with Gasteiger partial charge >= 0.3 is 6.18 Å². The molecule has 0 saturated heterocycles. The van der Waals surface area contributed by atoms with Crippen molar-refractivity contribution in [2.75, 3.05) is 10.6 Å². The summed E-state index contributed by atoms with van der Waals surface area (Å²) in [6.07, 6.45) is -0.182. The first-order valence-corrected chi connectivity index (χ1v) is 8.20. The largest absolute Gasteiger partial charge is 0.416 e. The van der Waals surface area contributed by atoms with Gasteiger partial charge in [-0.2, -0.15) is 13.2 Å². The van der Waals surface area contributed by atoms with Crippen LogP contribution in [-0.2, 0) is 6.18 Å². The van der Waals surface area contributed by atoms with Crippen LogP contribution in [0.5, 0.6) is 0 Å². The number of alkyl halides is 3. The summed E-state index contributed by atoms with van der Waals surface area (Å²) in [5, 5.41) is 13.5. The van der Waals surface area contributed by atoms with E-state index in [1.807, 2.05) is 0 Å². The molecule has 2 aromatic heterocycles. The summed E-state index contributed by atoms with van der Waals surface area (Å²) in [6.45, 7) is 0. The van der Waals surface area contributed by atoms with Crippen molar-refractivity contribution in [2.45, 2.75) is 37.9 Å². The molecule has 2 N–H and O–H groups in total. The van der Waals surface area contributed by atoms with Gasteiger partial charge in [-0.1, -0.05) is 18.9 Å². The smallest absolute Gasteiger partial charge is 0.364 e. The summed E-state index contributed by atoms with van der Waals surface area (Å²) in [7, 11) is 0. The average molecular weight is 364 g/mol. The molecule has 1 aromatic carbocycles. The van der Waals surface area contributed by atoms with E-state index >= 15 is 0 Å². The van der Waals surface area contributed by atoms with Crippen molar-refractivity contribution in [1.29, 1.82) is 0 Å². The minimum absolute atomic E-state index is 0.177. The lowest BCUT2D eigenvalue weighted by atomic mass is 10.2. The van der Waals surface area contributed by atoms with E-state index in [1.165, 1.54) is 12.1 Å². The first kappa shape index (κ1) is 16.6. The zero-order valence-corrected chi connectivity index (χ0v) is 13.5. The predicted molar refractivity (Wildman–Crippen MR) is 88.0 cm³/mol. The lowest BCUT2D eigenvalue weighted by molar-refractivity contribution is -0.137. The molecule has 2 heterocycles. The molecule has 3 aromatic rings. The van der Waals surface area contributed by atoms with E-state index in [-0.39, 0.29) is 28.8 Å². The molecule has 0 atom stereocenters. The second kappa shape index (κ2) is 6.43. The van der Waals surface area contributed by atoms with Crippen molar-refractivity contribution in [3.05, 3.63) is 29.8 Å².